The number of nitrogens with one attached hydrogen (secondary N) is 1. The average molecular weight is 336 g/mol. The lowest BCUT2D eigenvalue weighted by Crippen LogP contribution is -2.35. The number of carbonyl (C=O) groups excluding carboxylic acids is 1. The topological polar surface area (TPSA) is 66.2 Å². The molecule has 0 saturated carbocycles. The molecule has 1 aliphatic heterocycles. The third-order valence-corrected chi connectivity index (χ3v) is 4.03. The van der Waals surface area contributed by atoms with Crippen molar-refractivity contribution < 1.29 is 4.79 Å². The molecule has 0 aliphatic carbocycles. The number of rotatable bonds is 6. The molecule has 0 aromatic heterocycles. The van der Waals surface area contributed by atoms with Crippen LogP contribution in [0.2, 0.25) is 0 Å². The summed E-state index contributed by atoms with van der Waals surface area (Å²) in [5.74, 6) is 0.153. The quantitative estimate of drug-likeness (QED) is 0.795. The summed E-state index contributed by atoms with van der Waals surface area (Å²) in [6.45, 7) is 5.87. The second kappa shape index (κ2) is 9.06. The molecule has 0 fully saturated rings. The maximum atomic E-state index is 12.4. The number of carbonyl (C=O) groups is 1. The first-order chi connectivity index (χ1) is 12.1. The first-order valence-electron chi connectivity index (χ1n) is 8.40. The van der Waals surface area contributed by atoms with Crippen molar-refractivity contribution in [3.63, 3.8) is 0 Å². The summed E-state index contributed by atoms with van der Waals surface area (Å²) < 4.78 is 0. The van der Waals surface area contributed by atoms with Crippen LogP contribution >= 0.6 is 0 Å². The van der Waals surface area contributed by atoms with Gasteiger partial charge in [0.05, 0.1) is 18.1 Å². The Hall–Kier alpha value is -2.56. The van der Waals surface area contributed by atoms with Crippen LogP contribution in [0.5, 0.6) is 0 Å². The van der Waals surface area contributed by atoms with Gasteiger partial charge in [0.2, 0.25) is 5.91 Å². The summed E-state index contributed by atoms with van der Waals surface area (Å²) in [5.41, 5.74) is 3.76. The van der Waals surface area contributed by atoms with E-state index in [1.54, 1.807) is 13.5 Å². The summed E-state index contributed by atoms with van der Waals surface area (Å²) in [7, 11) is 1.73. The largest absolute Gasteiger partial charge is 0.312 e. The third kappa shape index (κ3) is 5.21. The molecule has 1 aromatic rings. The molecule has 5 nitrogen and oxygen atoms in total. The lowest BCUT2D eigenvalue weighted by atomic mass is 10.0. The van der Waals surface area contributed by atoms with Gasteiger partial charge in [0.1, 0.15) is 5.84 Å². The van der Waals surface area contributed by atoms with Crippen molar-refractivity contribution in [2.45, 2.75) is 27.2 Å². The molecule has 2 rings (SSSR count). The maximum Gasteiger partial charge on any atom is 0.232 e. The summed E-state index contributed by atoms with van der Waals surface area (Å²) in [6, 6.07) is 8.04. The van der Waals surface area contributed by atoms with E-state index in [1.807, 2.05) is 63.6 Å². The van der Waals surface area contributed by atoms with Crippen LogP contribution in [0.25, 0.3) is 0 Å². The molecule has 1 unspecified atom stereocenters. The van der Waals surface area contributed by atoms with Crippen molar-refractivity contribution in [2.24, 2.45) is 21.1 Å². The lowest BCUT2D eigenvalue weighted by molar-refractivity contribution is -0.122. The van der Waals surface area contributed by atoms with Crippen molar-refractivity contribution in [2.75, 3.05) is 7.05 Å². The third-order valence-electron chi connectivity index (χ3n) is 4.03. The molecule has 130 valence electrons. The Labute approximate surface area is 149 Å². The Morgan fingerprint density at radius 1 is 1.28 bits per heavy atom. The zero-order valence-corrected chi connectivity index (χ0v) is 15.2. The van der Waals surface area contributed by atoms with E-state index in [4.69, 9.17) is 0 Å². The van der Waals surface area contributed by atoms with Crippen molar-refractivity contribution >= 4 is 23.2 Å². The smallest absolute Gasteiger partial charge is 0.232 e. The number of benzene rings is 1. The molecule has 1 heterocycles. The first kappa shape index (κ1) is 18.8. The Morgan fingerprint density at radius 3 is 2.60 bits per heavy atom. The molecule has 1 atom stereocenters. The van der Waals surface area contributed by atoms with Gasteiger partial charge in [0, 0.05) is 12.8 Å². The fourth-order valence-electron chi connectivity index (χ4n) is 2.30. The minimum absolute atomic E-state index is 0.0926. The molecule has 1 aromatic carbocycles. The fourth-order valence-corrected chi connectivity index (χ4v) is 2.30. The van der Waals surface area contributed by atoms with Crippen LogP contribution in [0.4, 0.5) is 0 Å². The summed E-state index contributed by atoms with van der Waals surface area (Å²) in [4.78, 5) is 16.5. The van der Waals surface area contributed by atoms with E-state index in [0.29, 0.717) is 12.3 Å². The van der Waals surface area contributed by atoms with Crippen LogP contribution in [0.3, 0.4) is 0 Å². The number of hydrogen-bond acceptors (Lipinski definition) is 4. The zero-order valence-electron chi connectivity index (χ0n) is 15.2. The van der Waals surface area contributed by atoms with Gasteiger partial charge in [-0.05, 0) is 37.0 Å². The molecule has 2 radical (unpaired) electrons. The maximum absolute atomic E-state index is 12.4. The highest BCUT2D eigenvalue weighted by Crippen LogP contribution is 2.13. The van der Waals surface area contributed by atoms with Crippen LogP contribution in [0.15, 0.2) is 51.6 Å². The standard InChI is InChI=1S/C20H24N4O/c1-5-15-8-11-17(12-9-15)18-13-19(24-23-18)22-20(25)16(6-2)10-7-14(3)21-4/h5,7-13,16H,6H2,1-4H3,(H,22,24,25)/b10-7-,21-14?. The van der Waals surface area contributed by atoms with Crippen LogP contribution in [0.1, 0.15) is 38.3 Å². The Balaban J connectivity index is 1.94. The number of aliphatic imine (C=N–C) groups is 1. The Bertz CT molecular complexity index is 727. The van der Waals surface area contributed by atoms with Crippen LogP contribution < -0.4 is 5.32 Å². The fraction of sp³-hybridized carbons (Fsp3) is 0.300. The molecule has 5 heteroatoms. The number of nitrogens with zero attached hydrogens (tertiary/aromatic N) is 3. The van der Waals surface area contributed by atoms with E-state index in [9.17, 15) is 4.79 Å². The van der Waals surface area contributed by atoms with E-state index in [2.05, 4.69) is 20.5 Å². The predicted molar refractivity (Wildman–Crippen MR) is 104 cm³/mol. The Kier molecular flexibility index (Phi) is 6.81. The summed E-state index contributed by atoms with van der Waals surface area (Å²) in [6.07, 6.45) is 8.26. The van der Waals surface area contributed by atoms with Gasteiger partial charge in [-0.2, -0.15) is 5.10 Å². The molecule has 0 bridgehead atoms. The average Bonchev–Trinajstić information content (AvgIpc) is 3.10. The van der Waals surface area contributed by atoms with Crippen molar-refractivity contribution in [1.29, 1.82) is 0 Å². The molecule has 1 amide bonds. The highest BCUT2D eigenvalue weighted by Gasteiger charge is 2.20. The van der Waals surface area contributed by atoms with Crippen LogP contribution in [0, 0.1) is 18.8 Å². The van der Waals surface area contributed by atoms with Gasteiger partial charge in [-0.25, -0.2) is 0 Å². The van der Waals surface area contributed by atoms with E-state index in [0.717, 1.165) is 22.6 Å². The summed E-state index contributed by atoms with van der Waals surface area (Å²) >= 11 is 0. The minimum atomic E-state index is -0.226. The number of amidine groups is 1. The van der Waals surface area contributed by atoms with Gasteiger partial charge in [0.15, 0.2) is 0 Å². The van der Waals surface area contributed by atoms with Crippen molar-refractivity contribution in [3.05, 3.63) is 60.4 Å². The van der Waals surface area contributed by atoms with Crippen LogP contribution in [-0.2, 0) is 4.79 Å². The summed E-state index contributed by atoms with van der Waals surface area (Å²) in [5, 5.41) is 11.1. The zero-order chi connectivity index (χ0) is 18.2. The predicted octanol–water partition coefficient (Wildman–Crippen LogP) is 3.37. The monoisotopic (exact) mass is 336 g/mol. The second-order valence-electron chi connectivity index (χ2n) is 5.75. The van der Waals surface area contributed by atoms with Crippen LogP contribution in [-0.4, -0.2) is 30.2 Å². The van der Waals surface area contributed by atoms with Gasteiger partial charge in [0.25, 0.3) is 0 Å². The highest BCUT2D eigenvalue weighted by molar-refractivity contribution is 6.26. The van der Waals surface area contributed by atoms with E-state index in [1.165, 1.54) is 0 Å². The van der Waals surface area contributed by atoms with Gasteiger partial charge < -0.3 is 5.32 Å². The number of hydrogen-bond donors (Lipinski definition) is 1. The van der Waals surface area contributed by atoms with Gasteiger partial charge in [-0.1, -0.05) is 44.2 Å². The SMILES string of the molecule is C[CH]c1ccc(C2=NN=C(NC(=O)C(/C=C\C(C)=NC)CC)[CH]2)cc1. The van der Waals surface area contributed by atoms with E-state index < -0.39 is 0 Å². The molecule has 1 N–H and O–H groups in total. The molecular weight excluding hydrogens is 312 g/mol. The normalized spacial score (nSPS) is 15.9. The van der Waals surface area contributed by atoms with E-state index in [-0.39, 0.29) is 11.8 Å². The molecular formula is C20H24N4O. The van der Waals surface area contributed by atoms with Crippen molar-refractivity contribution in [1.82, 2.24) is 5.32 Å². The minimum Gasteiger partial charge on any atom is -0.312 e. The van der Waals surface area contributed by atoms with Gasteiger partial charge >= 0.3 is 0 Å². The first-order valence-corrected chi connectivity index (χ1v) is 8.40. The molecule has 25 heavy (non-hydrogen) atoms. The van der Waals surface area contributed by atoms with Crippen molar-refractivity contribution in [3.8, 4) is 0 Å². The number of amides is 1. The highest BCUT2D eigenvalue weighted by atomic mass is 16.1. The molecule has 1 aliphatic rings. The van der Waals surface area contributed by atoms with Gasteiger partial charge in [-0.15, -0.1) is 5.10 Å². The van der Waals surface area contributed by atoms with E-state index >= 15 is 0 Å². The molecule has 0 saturated heterocycles. The van der Waals surface area contributed by atoms with Gasteiger partial charge in [-0.3, -0.25) is 9.79 Å². The number of allylic oxidation sites excluding steroid dienone is 1. The Morgan fingerprint density at radius 2 is 2.00 bits per heavy atom. The second-order valence-corrected chi connectivity index (χ2v) is 5.75. The molecule has 0 spiro atoms. The lowest BCUT2D eigenvalue weighted by Gasteiger charge is -2.10.